The summed E-state index contributed by atoms with van der Waals surface area (Å²) >= 11 is 0. The number of rotatable bonds is 1. The van der Waals surface area contributed by atoms with E-state index in [4.69, 9.17) is 4.42 Å². The van der Waals surface area contributed by atoms with E-state index in [2.05, 4.69) is 15.8 Å². The van der Waals surface area contributed by atoms with Gasteiger partial charge in [-0.1, -0.05) is 12.1 Å². The van der Waals surface area contributed by atoms with Gasteiger partial charge in [-0.2, -0.15) is 0 Å². The minimum atomic E-state index is -0.374. The zero-order valence-electron chi connectivity index (χ0n) is 8.31. The second-order valence-corrected chi connectivity index (χ2v) is 3.49. The van der Waals surface area contributed by atoms with Gasteiger partial charge in [0.1, 0.15) is 18.0 Å². The molecule has 0 saturated carbocycles. The van der Waals surface area contributed by atoms with Crippen LogP contribution in [-0.2, 0) is 0 Å². The van der Waals surface area contributed by atoms with Gasteiger partial charge < -0.3 is 9.84 Å². The lowest BCUT2D eigenvalue weighted by Gasteiger charge is -2.06. The predicted molar refractivity (Wildman–Crippen MR) is 60.0 cm³/mol. The molecule has 0 saturated heterocycles. The van der Waals surface area contributed by atoms with Crippen molar-refractivity contribution in [3.8, 4) is 0 Å². The van der Waals surface area contributed by atoms with Crippen molar-refractivity contribution in [3.63, 3.8) is 0 Å². The van der Waals surface area contributed by atoms with Crippen molar-refractivity contribution in [2.45, 2.75) is 6.17 Å². The molecule has 2 heterocycles. The van der Waals surface area contributed by atoms with Gasteiger partial charge in [-0.3, -0.25) is 4.79 Å². The average Bonchev–Trinajstić information content (AvgIpc) is 2.83. The van der Waals surface area contributed by atoms with E-state index in [-0.39, 0.29) is 11.6 Å². The zero-order valence-corrected chi connectivity index (χ0v) is 8.31. The molecule has 1 aliphatic rings. The van der Waals surface area contributed by atoms with Crippen LogP contribution in [0.1, 0.15) is 11.7 Å². The lowest BCUT2D eigenvalue weighted by atomic mass is 10.1. The number of hydrazine groups is 1. The first-order valence-corrected chi connectivity index (χ1v) is 4.89. The second kappa shape index (κ2) is 3.46. The minimum absolute atomic E-state index is 0.0554. The molecule has 5 heteroatoms. The van der Waals surface area contributed by atoms with Crippen LogP contribution >= 0.6 is 0 Å². The molecule has 5 nitrogen and oxygen atoms in total. The van der Waals surface area contributed by atoms with Crippen LogP contribution < -0.4 is 16.3 Å². The Kier molecular flexibility index (Phi) is 1.97. The normalized spacial score (nSPS) is 18.9. The number of para-hydroxylation sites is 1. The summed E-state index contributed by atoms with van der Waals surface area (Å²) in [5.41, 5.74) is 6.60. The van der Waals surface area contributed by atoms with Gasteiger partial charge >= 0.3 is 0 Å². The molecular formula is C11H9N3O2. The van der Waals surface area contributed by atoms with Crippen molar-refractivity contribution in [1.82, 2.24) is 10.9 Å². The summed E-state index contributed by atoms with van der Waals surface area (Å²) in [6.45, 7) is 0. The number of fused-ring (bicyclic) bond motifs is 1. The van der Waals surface area contributed by atoms with E-state index in [1.165, 1.54) is 12.6 Å². The molecule has 0 fully saturated rings. The van der Waals surface area contributed by atoms with Crippen molar-refractivity contribution < 1.29 is 4.42 Å². The van der Waals surface area contributed by atoms with Gasteiger partial charge in [0.2, 0.25) is 0 Å². The molecule has 1 aliphatic heterocycles. The third-order valence-corrected chi connectivity index (χ3v) is 2.51. The van der Waals surface area contributed by atoms with Crippen molar-refractivity contribution in [1.29, 1.82) is 0 Å². The van der Waals surface area contributed by atoms with Gasteiger partial charge in [0, 0.05) is 0 Å². The Morgan fingerprint density at radius 2 is 2.19 bits per heavy atom. The van der Waals surface area contributed by atoms with E-state index < -0.39 is 0 Å². The number of nitrogens with one attached hydrogen (secondary N) is 2. The minimum Gasteiger partial charge on any atom is -0.464 e. The number of hydrogen-bond acceptors (Lipinski definition) is 5. The third kappa shape index (κ3) is 1.30. The van der Waals surface area contributed by atoms with E-state index >= 15 is 0 Å². The summed E-state index contributed by atoms with van der Waals surface area (Å²) in [7, 11) is 0. The molecule has 0 amide bonds. The van der Waals surface area contributed by atoms with Crippen LogP contribution in [0.2, 0.25) is 0 Å². The van der Waals surface area contributed by atoms with Gasteiger partial charge in [0.25, 0.3) is 0 Å². The van der Waals surface area contributed by atoms with Gasteiger partial charge in [-0.25, -0.2) is 10.4 Å². The highest BCUT2D eigenvalue weighted by Gasteiger charge is 2.17. The molecule has 1 aromatic heterocycles. The Labute approximate surface area is 90.8 Å². The second-order valence-electron chi connectivity index (χ2n) is 3.49. The first kappa shape index (κ1) is 9.11. The first-order chi connectivity index (χ1) is 7.86. The van der Waals surface area contributed by atoms with E-state index in [0.717, 1.165) is 0 Å². The lowest BCUT2D eigenvalue weighted by Crippen LogP contribution is -2.29. The first-order valence-electron chi connectivity index (χ1n) is 4.89. The Hall–Kier alpha value is -2.14. The fraction of sp³-hybridized carbons (Fsp3) is 0.0909. The van der Waals surface area contributed by atoms with Crippen molar-refractivity contribution in [3.05, 3.63) is 46.3 Å². The highest BCUT2D eigenvalue weighted by Crippen LogP contribution is 2.16. The molecule has 1 aromatic carbocycles. The lowest BCUT2D eigenvalue weighted by molar-refractivity contribution is 0.533. The van der Waals surface area contributed by atoms with Crippen LogP contribution in [0.25, 0.3) is 11.0 Å². The maximum Gasteiger partial charge on any atom is 0.199 e. The SMILES string of the molecule is O=c1c(C2N=CNN2)coc2ccccc12. The van der Waals surface area contributed by atoms with Crippen LogP contribution in [0, 0.1) is 0 Å². The molecule has 80 valence electrons. The number of hydrogen-bond donors (Lipinski definition) is 2. The van der Waals surface area contributed by atoms with Crippen LogP contribution in [-0.4, -0.2) is 6.34 Å². The Bertz CT molecular complexity index is 618. The quantitative estimate of drug-likeness (QED) is 0.742. The van der Waals surface area contributed by atoms with E-state index in [1.807, 2.05) is 12.1 Å². The topological polar surface area (TPSA) is 66.6 Å². The Balaban J connectivity index is 2.23. The molecule has 2 N–H and O–H groups in total. The van der Waals surface area contributed by atoms with Crippen molar-refractivity contribution in [2.24, 2.45) is 4.99 Å². The standard InChI is InChI=1S/C11H9N3O2/c15-10-7-3-1-2-4-9(7)16-5-8(10)11-12-6-13-14-11/h1-6,11,14H,(H,12,13). The number of benzene rings is 1. The van der Waals surface area contributed by atoms with Gasteiger partial charge in [-0.15, -0.1) is 0 Å². The molecule has 16 heavy (non-hydrogen) atoms. The van der Waals surface area contributed by atoms with E-state index in [0.29, 0.717) is 16.5 Å². The highest BCUT2D eigenvalue weighted by molar-refractivity contribution is 5.76. The van der Waals surface area contributed by atoms with Gasteiger partial charge in [-0.05, 0) is 12.1 Å². The molecule has 0 spiro atoms. The average molecular weight is 215 g/mol. The molecule has 2 aromatic rings. The zero-order chi connectivity index (χ0) is 11.0. The molecule has 0 aliphatic carbocycles. The highest BCUT2D eigenvalue weighted by atomic mass is 16.3. The summed E-state index contributed by atoms with van der Waals surface area (Å²) in [4.78, 5) is 16.2. The predicted octanol–water partition coefficient (Wildman–Crippen LogP) is 0.928. The Morgan fingerprint density at radius 1 is 1.31 bits per heavy atom. The molecular weight excluding hydrogens is 206 g/mol. The fourth-order valence-electron chi connectivity index (χ4n) is 1.70. The summed E-state index contributed by atoms with van der Waals surface area (Å²) in [5.74, 6) is 0. The number of aliphatic imine (C=N–C) groups is 1. The smallest absolute Gasteiger partial charge is 0.199 e. The van der Waals surface area contributed by atoms with Crippen molar-refractivity contribution >= 4 is 17.3 Å². The largest absolute Gasteiger partial charge is 0.464 e. The number of nitrogens with zero attached hydrogens (tertiary/aromatic N) is 1. The molecule has 0 bridgehead atoms. The summed E-state index contributed by atoms with van der Waals surface area (Å²) in [5, 5.41) is 0.573. The molecule has 3 rings (SSSR count). The van der Waals surface area contributed by atoms with Crippen LogP contribution in [0.3, 0.4) is 0 Å². The molecule has 1 atom stereocenters. The summed E-state index contributed by atoms with van der Waals surface area (Å²) in [6, 6.07) is 7.16. The van der Waals surface area contributed by atoms with Gasteiger partial charge in [0.15, 0.2) is 5.43 Å². The van der Waals surface area contributed by atoms with Crippen LogP contribution in [0.4, 0.5) is 0 Å². The van der Waals surface area contributed by atoms with Gasteiger partial charge in [0.05, 0.1) is 17.3 Å². The maximum atomic E-state index is 12.1. The monoisotopic (exact) mass is 215 g/mol. The fourth-order valence-corrected chi connectivity index (χ4v) is 1.70. The van der Waals surface area contributed by atoms with Crippen LogP contribution in [0.5, 0.6) is 0 Å². The Morgan fingerprint density at radius 3 is 3.00 bits per heavy atom. The molecule has 0 radical (unpaired) electrons. The van der Waals surface area contributed by atoms with E-state index in [1.54, 1.807) is 12.1 Å². The van der Waals surface area contributed by atoms with Crippen molar-refractivity contribution in [2.75, 3.05) is 0 Å². The third-order valence-electron chi connectivity index (χ3n) is 2.51. The summed E-state index contributed by atoms with van der Waals surface area (Å²) < 4.78 is 5.39. The summed E-state index contributed by atoms with van der Waals surface area (Å²) in [6.07, 6.45) is 2.59. The maximum absolute atomic E-state index is 12.1. The van der Waals surface area contributed by atoms with E-state index in [9.17, 15) is 4.79 Å². The van der Waals surface area contributed by atoms with Crippen LogP contribution in [0.15, 0.2) is 44.7 Å². The molecule has 1 unspecified atom stereocenters.